The lowest BCUT2D eigenvalue weighted by Crippen LogP contribution is -2.40. The van der Waals surface area contributed by atoms with Crippen molar-refractivity contribution in [2.75, 3.05) is 27.3 Å². The zero-order valence-corrected chi connectivity index (χ0v) is 13.0. The van der Waals surface area contributed by atoms with Crippen LogP contribution in [-0.4, -0.2) is 50.1 Å². The molecule has 0 N–H and O–H groups in total. The van der Waals surface area contributed by atoms with Gasteiger partial charge in [-0.1, -0.05) is 15.9 Å². The minimum atomic E-state index is -0.706. The van der Waals surface area contributed by atoms with Crippen LogP contribution in [0, 0.1) is 5.82 Å². The predicted molar refractivity (Wildman–Crippen MR) is 74.0 cm³/mol. The minimum absolute atomic E-state index is 0.00492. The number of carbonyl (C=O) groups is 3. The molecule has 1 rings (SSSR count). The maximum absolute atomic E-state index is 13.3. The average Bonchev–Trinajstić information content (AvgIpc) is 2.44. The molecule has 0 aliphatic carbocycles. The fourth-order valence-corrected chi connectivity index (χ4v) is 1.97. The van der Waals surface area contributed by atoms with Crippen molar-refractivity contribution in [2.24, 2.45) is 0 Å². The van der Waals surface area contributed by atoms with E-state index in [9.17, 15) is 18.8 Å². The third-order valence-electron chi connectivity index (χ3n) is 2.49. The van der Waals surface area contributed by atoms with Crippen LogP contribution < -0.4 is 0 Å². The molecule has 0 spiro atoms. The first-order chi connectivity index (χ1) is 9.87. The molecule has 0 unspecified atom stereocenters. The lowest BCUT2D eigenvalue weighted by Gasteiger charge is -2.20. The Bertz CT molecular complexity index is 525. The molecule has 0 aliphatic rings. The second-order valence-corrected chi connectivity index (χ2v) is 4.89. The van der Waals surface area contributed by atoms with Crippen molar-refractivity contribution < 1.29 is 28.2 Å². The summed E-state index contributed by atoms with van der Waals surface area (Å²) in [7, 11) is 2.31. The van der Waals surface area contributed by atoms with Crippen LogP contribution in [-0.2, 0) is 19.1 Å². The molecular weight excluding hydrogens is 349 g/mol. The number of rotatable bonds is 5. The summed E-state index contributed by atoms with van der Waals surface area (Å²) in [5.41, 5.74) is -0.00492. The van der Waals surface area contributed by atoms with E-state index < -0.39 is 36.8 Å². The number of nitrogens with zero attached hydrogens (tertiary/aromatic N) is 1. The summed E-state index contributed by atoms with van der Waals surface area (Å²) in [6.45, 7) is -0.892. The van der Waals surface area contributed by atoms with E-state index in [-0.39, 0.29) is 5.56 Å². The van der Waals surface area contributed by atoms with Gasteiger partial charge < -0.3 is 14.4 Å². The number of amides is 1. The molecule has 0 aliphatic heterocycles. The zero-order chi connectivity index (χ0) is 16.0. The Morgan fingerprint density at radius 3 is 2.05 bits per heavy atom. The van der Waals surface area contributed by atoms with Gasteiger partial charge in [-0.05, 0) is 18.2 Å². The van der Waals surface area contributed by atoms with E-state index in [1.54, 1.807) is 0 Å². The molecule has 0 atom stereocenters. The summed E-state index contributed by atoms with van der Waals surface area (Å²) < 4.78 is 22.6. The number of esters is 2. The van der Waals surface area contributed by atoms with Gasteiger partial charge in [0.25, 0.3) is 5.91 Å². The summed E-state index contributed by atoms with van der Waals surface area (Å²) >= 11 is 3.07. The molecule has 0 saturated heterocycles. The number of ether oxygens (including phenoxy) is 2. The second-order valence-electron chi connectivity index (χ2n) is 3.97. The van der Waals surface area contributed by atoms with Gasteiger partial charge in [-0.3, -0.25) is 14.4 Å². The van der Waals surface area contributed by atoms with Crippen molar-refractivity contribution in [3.8, 4) is 0 Å². The zero-order valence-electron chi connectivity index (χ0n) is 11.4. The van der Waals surface area contributed by atoms with Gasteiger partial charge in [0.15, 0.2) is 0 Å². The van der Waals surface area contributed by atoms with Crippen LogP contribution in [0.1, 0.15) is 10.4 Å². The molecule has 21 heavy (non-hydrogen) atoms. The number of carbonyl (C=O) groups excluding carboxylic acids is 3. The smallest absolute Gasteiger partial charge is 0.325 e. The highest BCUT2D eigenvalue weighted by atomic mass is 79.9. The Kier molecular flexibility index (Phi) is 6.29. The highest BCUT2D eigenvalue weighted by molar-refractivity contribution is 9.10. The van der Waals surface area contributed by atoms with Gasteiger partial charge in [-0.15, -0.1) is 0 Å². The van der Waals surface area contributed by atoms with Gasteiger partial charge in [0.05, 0.1) is 14.2 Å². The fourth-order valence-electron chi connectivity index (χ4n) is 1.50. The van der Waals surface area contributed by atoms with Crippen molar-refractivity contribution in [3.63, 3.8) is 0 Å². The SMILES string of the molecule is COC(=O)CN(CC(=O)OC)C(=O)c1cc(F)cc(Br)c1. The Labute approximate surface area is 128 Å². The van der Waals surface area contributed by atoms with Crippen molar-refractivity contribution in [3.05, 3.63) is 34.1 Å². The van der Waals surface area contributed by atoms with Crippen molar-refractivity contribution in [1.82, 2.24) is 4.90 Å². The predicted octanol–water partition coefficient (Wildman–Crippen LogP) is 1.38. The van der Waals surface area contributed by atoms with E-state index in [1.807, 2.05) is 0 Å². The highest BCUT2D eigenvalue weighted by Gasteiger charge is 2.23. The Morgan fingerprint density at radius 1 is 1.10 bits per heavy atom. The van der Waals surface area contributed by atoms with Crippen LogP contribution in [0.3, 0.4) is 0 Å². The van der Waals surface area contributed by atoms with Gasteiger partial charge in [0.1, 0.15) is 18.9 Å². The van der Waals surface area contributed by atoms with Crippen molar-refractivity contribution in [1.29, 1.82) is 0 Å². The largest absolute Gasteiger partial charge is 0.468 e. The standard InChI is InChI=1S/C13H13BrFNO5/c1-20-11(17)6-16(7-12(18)21-2)13(19)8-3-9(14)5-10(15)4-8/h3-5H,6-7H2,1-2H3. The summed E-state index contributed by atoms with van der Waals surface area (Å²) in [4.78, 5) is 35.8. The van der Waals surface area contributed by atoms with Crippen LogP contribution in [0.15, 0.2) is 22.7 Å². The number of methoxy groups -OCH3 is 2. The molecule has 114 valence electrons. The van der Waals surface area contributed by atoms with Gasteiger partial charge in [0.2, 0.25) is 0 Å². The summed E-state index contributed by atoms with van der Waals surface area (Å²) in [5, 5.41) is 0. The van der Waals surface area contributed by atoms with E-state index in [2.05, 4.69) is 25.4 Å². The van der Waals surface area contributed by atoms with E-state index in [0.29, 0.717) is 4.47 Å². The molecule has 1 aromatic carbocycles. The molecule has 1 aromatic rings. The van der Waals surface area contributed by atoms with Crippen molar-refractivity contribution >= 4 is 33.8 Å². The van der Waals surface area contributed by atoms with E-state index >= 15 is 0 Å². The molecule has 0 fully saturated rings. The topological polar surface area (TPSA) is 72.9 Å². The molecule has 0 bridgehead atoms. The lowest BCUT2D eigenvalue weighted by atomic mass is 10.2. The van der Waals surface area contributed by atoms with Crippen LogP contribution in [0.5, 0.6) is 0 Å². The first-order valence-electron chi connectivity index (χ1n) is 5.76. The lowest BCUT2D eigenvalue weighted by molar-refractivity contribution is -0.144. The van der Waals surface area contributed by atoms with E-state index in [4.69, 9.17) is 0 Å². The number of hydrogen-bond donors (Lipinski definition) is 0. The highest BCUT2D eigenvalue weighted by Crippen LogP contribution is 2.16. The third kappa shape index (κ3) is 5.14. The first kappa shape index (κ1) is 17.1. The second kappa shape index (κ2) is 7.72. The normalized spacial score (nSPS) is 9.90. The van der Waals surface area contributed by atoms with Gasteiger partial charge >= 0.3 is 11.9 Å². The van der Waals surface area contributed by atoms with Crippen LogP contribution in [0.25, 0.3) is 0 Å². The Hall–Kier alpha value is -1.96. The van der Waals surface area contributed by atoms with E-state index in [1.165, 1.54) is 12.1 Å². The maximum Gasteiger partial charge on any atom is 0.325 e. The van der Waals surface area contributed by atoms with Gasteiger partial charge in [-0.2, -0.15) is 0 Å². The van der Waals surface area contributed by atoms with Crippen molar-refractivity contribution in [2.45, 2.75) is 0 Å². The molecule has 0 aromatic heterocycles. The van der Waals surface area contributed by atoms with Crippen LogP contribution in [0.2, 0.25) is 0 Å². The molecule has 8 heteroatoms. The average molecular weight is 362 g/mol. The fraction of sp³-hybridized carbons (Fsp3) is 0.308. The molecule has 0 saturated carbocycles. The van der Waals surface area contributed by atoms with Crippen LogP contribution >= 0.6 is 15.9 Å². The molecule has 0 heterocycles. The maximum atomic E-state index is 13.3. The monoisotopic (exact) mass is 361 g/mol. The van der Waals surface area contributed by atoms with Gasteiger partial charge in [0, 0.05) is 10.0 Å². The summed E-state index contributed by atoms with van der Waals surface area (Å²) in [5.74, 6) is -2.72. The molecule has 6 nitrogen and oxygen atoms in total. The first-order valence-corrected chi connectivity index (χ1v) is 6.55. The third-order valence-corrected chi connectivity index (χ3v) is 2.95. The molecular formula is C13H13BrFNO5. The quantitative estimate of drug-likeness (QED) is 0.740. The number of hydrogen-bond acceptors (Lipinski definition) is 5. The minimum Gasteiger partial charge on any atom is -0.468 e. The number of halogens is 2. The molecule has 1 amide bonds. The van der Waals surface area contributed by atoms with Crippen LogP contribution in [0.4, 0.5) is 4.39 Å². The Balaban J connectivity index is 3.02. The summed E-state index contributed by atoms with van der Waals surface area (Å²) in [6, 6.07) is 3.57. The van der Waals surface area contributed by atoms with Gasteiger partial charge in [-0.25, -0.2) is 4.39 Å². The summed E-state index contributed by atoms with van der Waals surface area (Å²) in [6.07, 6.45) is 0. The number of benzene rings is 1. The Morgan fingerprint density at radius 2 is 1.62 bits per heavy atom. The van der Waals surface area contributed by atoms with E-state index in [0.717, 1.165) is 25.2 Å². The molecule has 0 radical (unpaired) electrons.